The van der Waals surface area contributed by atoms with E-state index in [2.05, 4.69) is 20.9 Å². The SMILES string of the molecule is CN(CC1Cc2nc(-c3ccc(C#N)cc3)nc(N3CCOCC3)c2S1)c1ncc(C(=O)NO)cn1. The van der Waals surface area contributed by atoms with Crippen LogP contribution < -0.4 is 15.3 Å². The number of hydroxylamine groups is 1. The Kier molecular flexibility index (Phi) is 6.95. The molecule has 0 saturated carbocycles. The number of rotatable bonds is 6. The molecule has 5 rings (SSSR count). The van der Waals surface area contributed by atoms with E-state index in [9.17, 15) is 4.79 Å². The third-order valence-electron chi connectivity index (χ3n) is 6.03. The van der Waals surface area contributed by atoms with Crippen molar-refractivity contribution in [3.05, 3.63) is 53.5 Å². The Labute approximate surface area is 212 Å². The summed E-state index contributed by atoms with van der Waals surface area (Å²) in [6, 6.07) is 9.47. The third-order valence-corrected chi connectivity index (χ3v) is 7.33. The van der Waals surface area contributed by atoms with Gasteiger partial charge in [-0.3, -0.25) is 10.0 Å². The molecular weight excluding hydrogens is 480 g/mol. The molecule has 1 saturated heterocycles. The number of benzene rings is 1. The van der Waals surface area contributed by atoms with Crippen molar-refractivity contribution in [2.24, 2.45) is 0 Å². The number of aromatic nitrogens is 4. The van der Waals surface area contributed by atoms with E-state index in [4.69, 9.17) is 25.2 Å². The van der Waals surface area contributed by atoms with Gasteiger partial charge < -0.3 is 14.5 Å². The van der Waals surface area contributed by atoms with Crippen molar-refractivity contribution in [3.63, 3.8) is 0 Å². The lowest BCUT2D eigenvalue weighted by Gasteiger charge is -2.29. The highest BCUT2D eigenvalue weighted by molar-refractivity contribution is 8.00. The average molecular weight is 505 g/mol. The number of fused-ring (bicyclic) bond motifs is 1. The van der Waals surface area contributed by atoms with Crippen LogP contribution in [-0.4, -0.2) is 76.2 Å². The number of nitriles is 1. The van der Waals surface area contributed by atoms with E-state index in [0.717, 1.165) is 41.5 Å². The largest absolute Gasteiger partial charge is 0.378 e. The normalized spacial score (nSPS) is 16.8. The van der Waals surface area contributed by atoms with Crippen molar-refractivity contribution in [1.82, 2.24) is 25.4 Å². The van der Waals surface area contributed by atoms with Gasteiger partial charge in [-0.15, -0.1) is 11.8 Å². The highest BCUT2D eigenvalue weighted by Gasteiger charge is 2.32. The van der Waals surface area contributed by atoms with Gasteiger partial charge in [-0.1, -0.05) is 0 Å². The molecule has 0 aliphatic carbocycles. The van der Waals surface area contributed by atoms with Crippen LogP contribution in [0.25, 0.3) is 11.4 Å². The van der Waals surface area contributed by atoms with Crippen LogP contribution in [0.5, 0.6) is 0 Å². The van der Waals surface area contributed by atoms with Gasteiger partial charge in [0.15, 0.2) is 5.82 Å². The van der Waals surface area contributed by atoms with Crippen molar-refractivity contribution in [2.75, 3.05) is 49.7 Å². The summed E-state index contributed by atoms with van der Waals surface area (Å²) in [5.74, 6) is 1.40. The summed E-state index contributed by atoms with van der Waals surface area (Å²) >= 11 is 1.76. The molecule has 1 atom stereocenters. The smallest absolute Gasteiger partial charge is 0.277 e. The highest BCUT2D eigenvalue weighted by Crippen LogP contribution is 2.43. The maximum Gasteiger partial charge on any atom is 0.277 e. The first kappa shape index (κ1) is 23.9. The monoisotopic (exact) mass is 504 g/mol. The number of ether oxygens (including phenoxy) is 1. The summed E-state index contributed by atoms with van der Waals surface area (Å²) in [7, 11) is 1.90. The molecule has 1 amide bonds. The van der Waals surface area contributed by atoms with E-state index < -0.39 is 5.91 Å². The third kappa shape index (κ3) is 4.94. The van der Waals surface area contributed by atoms with Gasteiger partial charge in [-0.25, -0.2) is 25.4 Å². The molecule has 2 aromatic heterocycles. The zero-order valence-corrected chi connectivity index (χ0v) is 20.4. The molecule has 2 N–H and O–H groups in total. The van der Waals surface area contributed by atoms with Crippen LogP contribution in [0, 0.1) is 11.3 Å². The number of anilines is 2. The Hall–Kier alpha value is -3.79. The van der Waals surface area contributed by atoms with Gasteiger partial charge in [0.25, 0.3) is 5.91 Å². The summed E-state index contributed by atoms with van der Waals surface area (Å²) in [4.78, 5) is 35.2. The Balaban J connectivity index is 1.39. The molecule has 0 spiro atoms. The standard InChI is InChI=1S/C24H24N8O3S/c1-31(24-26-12-17(13-27-24)23(33)30-34)14-18-10-19-20(36-18)22(32-6-8-35-9-7-32)29-21(28-19)16-4-2-15(11-25)3-5-16/h2-5,12-13,18,34H,6-10,14H2,1H3,(H,30,33). The second-order valence-corrected chi connectivity index (χ2v) is 9.78. The van der Waals surface area contributed by atoms with Gasteiger partial charge in [0.1, 0.15) is 5.82 Å². The second kappa shape index (κ2) is 10.4. The van der Waals surface area contributed by atoms with Crippen LogP contribution in [0.3, 0.4) is 0 Å². The molecule has 2 aliphatic heterocycles. The molecule has 0 radical (unpaired) electrons. The van der Waals surface area contributed by atoms with E-state index in [-0.39, 0.29) is 10.8 Å². The minimum atomic E-state index is -0.654. The van der Waals surface area contributed by atoms with Crippen molar-refractivity contribution in [1.29, 1.82) is 5.26 Å². The zero-order chi connectivity index (χ0) is 25.1. The van der Waals surface area contributed by atoms with E-state index in [0.29, 0.717) is 37.1 Å². The molecule has 4 heterocycles. The fraction of sp³-hybridized carbons (Fsp3) is 0.333. The van der Waals surface area contributed by atoms with E-state index in [1.165, 1.54) is 12.4 Å². The maximum atomic E-state index is 11.5. The van der Waals surface area contributed by atoms with Crippen LogP contribution in [0.15, 0.2) is 41.6 Å². The number of carbonyl (C=O) groups excluding carboxylic acids is 1. The van der Waals surface area contributed by atoms with Crippen LogP contribution in [-0.2, 0) is 11.2 Å². The number of carbonyl (C=O) groups is 1. The average Bonchev–Trinajstić information content (AvgIpc) is 3.35. The van der Waals surface area contributed by atoms with Gasteiger partial charge in [-0.05, 0) is 24.3 Å². The van der Waals surface area contributed by atoms with Gasteiger partial charge in [0.05, 0.1) is 41.0 Å². The number of nitrogens with one attached hydrogen (secondary N) is 1. The quantitative estimate of drug-likeness (QED) is 0.376. The first-order valence-corrected chi connectivity index (χ1v) is 12.3. The molecule has 184 valence electrons. The molecule has 1 unspecified atom stereocenters. The number of hydrogen-bond acceptors (Lipinski definition) is 11. The second-order valence-electron chi connectivity index (χ2n) is 8.47. The van der Waals surface area contributed by atoms with Gasteiger partial charge in [0.2, 0.25) is 5.95 Å². The van der Waals surface area contributed by atoms with E-state index >= 15 is 0 Å². The van der Waals surface area contributed by atoms with E-state index in [1.54, 1.807) is 29.4 Å². The molecule has 1 aromatic carbocycles. The first-order valence-electron chi connectivity index (χ1n) is 11.4. The number of amides is 1. The molecule has 12 heteroatoms. The summed E-state index contributed by atoms with van der Waals surface area (Å²) in [6.07, 6.45) is 3.53. The number of morpholine rings is 1. The minimum absolute atomic E-state index is 0.179. The lowest BCUT2D eigenvalue weighted by Crippen LogP contribution is -2.37. The molecule has 1 fully saturated rings. The predicted octanol–water partition coefficient (Wildman–Crippen LogP) is 1.91. The Bertz CT molecular complexity index is 1290. The number of nitrogens with zero attached hydrogens (tertiary/aromatic N) is 7. The first-order chi connectivity index (χ1) is 17.6. The lowest BCUT2D eigenvalue weighted by atomic mass is 10.1. The maximum absolute atomic E-state index is 11.5. The lowest BCUT2D eigenvalue weighted by molar-refractivity contribution is 0.0705. The van der Waals surface area contributed by atoms with Gasteiger partial charge in [-0.2, -0.15) is 5.26 Å². The van der Waals surface area contributed by atoms with Gasteiger partial charge in [0, 0.05) is 56.3 Å². The van der Waals surface area contributed by atoms with Gasteiger partial charge >= 0.3 is 0 Å². The summed E-state index contributed by atoms with van der Waals surface area (Å²) in [6.45, 7) is 3.51. The summed E-state index contributed by atoms with van der Waals surface area (Å²) in [5, 5.41) is 18.1. The van der Waals surface area contributed by atoms with E-state index in [1.807, 2.05) is 24.1 Å². The highest BCUT2D eigenvalue weighted by atomic mass is 32.2. The number of thioether (sulfide) groups is 1. The van der Waals surface area contributed by atoms with Crippen molar-refractivity contribution in [2.45, 2.75) is 16.6 Å². The van der Waals surface area contributed by atoms with Crippen LogP contribution >= 0.6 is 11.8 Å². The topological polar surface area (TPSA) is 140 Å². The molecular formula is C24H24N8O3S. The van der Waals surface area contributed by atoms with Crippen molar-refractivity contribution < 1.29 is 14.7 Å². The predicted molar refractivity (Wildman–Crippen MR) is 133 cm³/mol. The minimum Gasteiger partial charge on any atom is -0.378 e. The van der Waals surface area contributed by atoms with Crippen molar-refractivity contribution in [3.8, 4) is 17.5 Å². The Morgan fingerprint density at radius 3 is 2.64 bits per heavy atom. The van der Waals surface area contributed by atoms with Crippen LogP contribution in [0.2, 0.25) is 0 Å². The zero-order valence-electron chi connectivity index (χ0n) is 19.6. The summed E-state index contributed by atoms with van der Waals surface area (Å²) < 4.78 is 5.55. The molecule has 11 nitrogen and oxygen atoms in total. The van der Waals surface area contributed by atoms with Crippen molar-refractivity contribution >= 4 is 29.4 Å². The fourth-order valence-corrected chi connectivity index (χ4v) is 5.59. The molecule has 3 aromatic rings. The Morgan fingerprint density at radius 2 is 1.97 bits per heavy atom. The Morgan fingerprint density at radius 1 is 1.25 bits per heavy atom. The van der Waals surface area contributed by atoms with Crippen LogP contribution in [0.1, 0.15) is 21.6 Å². The molecule has 0 bridgehead atoms. The number of hydrogen-bond donors (Lipinski definition) is 2. The summed E-state index contributed by atoms with van der Waals surface area (Å²) in [5.41, 5.74) is 4.23. The fourth-order valence-electron chi connectivity index (χ4n) is 4.17. The van der Waals surface area contributed by atoms with Crippen LogP contribution in [0.4, 0.5) is 11.8 Å². The molecule has 2 aliphatic rings. The molecule has 36 heavy (non-hydrogen) atoms.